The molecule has 0 aliphatic carbocycles. The minimum atomic E-state index is -1.65. The molecule has 0 saturated heterocycles. The van der Waals surface area contributed by atoms with E-state index in [2.05, 4.69) is 10.3 Å². The minimum absolute atomic E-state index is 0.170. The third-order valence-electron chi connectivity index (χ3n) is 3.64. The molecule has 0 radical (unpaired) electrons. The molecule has 2 aromatic heterocycles. The summed E-state index contributed by atoms with van der Waals surface area (Å²) in [5.74, 6) is -5.13. The van der Waals surface area contributed by atoms with Crippen molar-refractivity contribution in [2.75, 3.05) is 5.32 Å². The molecule has 130 valence electrons. The normalized spacial score (nSPS) is 11.1. The molecule has 1 N–H and O–H groups in total. The number of nitrogens with one attached hydrogen (secondary N) is 1. The standard InChI is InChI=1S/C17H13ClF3N3O/c1-2-3-12-16(24-8-9(18)4-7-13(24)22-12)17(25)23-11-6-5-10(19)14(20)15(11)21/h4-8H,2-3H2,1H3,(H,23,25). The van der Waals surface area contributed by atoms with Crippen LogP contribution in [0, 0.1) is 17.5 Å². The van der Waals surface area contributed by atoms with Crippen molar-refractivity contribution in [1.82, 2.24) is 9.38 Å². The zero-order valence-electron chi connectivity index (χ0n) is 13.1. The molecule has 3 aromatic rings. The quantitative estimate of drug-likeness (QED) is 0.684. The third kappa shape index (κ3) is 3.19. The maximum atomic E-state index is 13.8. The molecule has 4 nitrogen and oxygen atoms in total. The van der Waals surface area contributed by atoms with Crippen LogP contribution < -0.4 is 5.32 Å². The van der Waals surface area contributed by atoms with Gasteiger partial charge in [-0.05, 0) is 30.7 Å². The summed E-state index contributed by atoms with van der Waals surface area (Å²) < 4.78 is 41.7. The fourth-order valence-corrected chi connectivity index (χ4v) is 2.68. The highest BCUT2D eigenvalue weighted by Crippen LogP contribution is 2.23. The van der Waals surface area contributed by atoms with E-state index in [0.29, 0.717) is 22.8 Å². The largest absolute Gasteiger partial charge is 0.318 e. The first-order valence-corrected chi connectivity index (χ1v) is 7.91. The molecule has 25 heavy (non-hydrogen) atoms. The Labute approximate surface area is 146 Å². The number of carbonyl (C=O) groups is 1. The summed E-state index contributed by atoms with van der Waals surface area (Å²) in [5.41, 5.74) is 0.723. The van der Waals surface area contributed by atoms with Gasteiger partial charge in [0, 0.05) is 6.20 Å². The SMILES string of the molecule is CCCc1nc2ccc(Cl)cn2c1C(=O)Nc1ccc(F)c(F)c1F. The van der Waals surface area contributed by atoms with Crippen LogP contribution in [-0.4, -0.2) is 15.3 Å². The number of amides is 1. The second-order valence-corrected chi connectivity index (χ2v) is 5.85. The minimum Gasteiger partial charge on any atom is -0.318 e. The number of pyridine rings is 1. The van der Waals surface area contributed by atoms with E-state index in [1.165, 1.54) is 10.6 Å². The highest BCUT2D eigenvalue weighted by atomic mass is 35.5. The average Bonchev–Trinajstić information content (AvgIpc) is 2.93. The predicted octanol–water partition coefficient (Wildman–Crippen LogP) is 4.61. The monoisotopic (exact) mass is 367 g/mol. The maximum absolute atomic E-state index is 13.8. The Kier molecular flexibility index (Phi) is 4.67. The van der Waals surface area contributed by atoms with Gasteiger partial charge in [0.25, 0.3) is 5.91 Å². The number of nitrogens with zero attached hydrogens (tertiary/aromatic N) is 2. The van der Waals surface area contributed by atoms with Crippen LogP contribution in [0.4, 0.5) is 18.9 Å². The zero-order chi connectivity index (χ0) is 18.1. The summed E-state index contributed by atoms with van der Waals surface area (Å²) in [6.45, 7) is 1.92. The number of fused-ring (bicyclic) bond motifs is 1. The number of aromatic nitrogens is 2. The number of anilines is 1. The molecule has 0 spiro atoms. The van der Waals surface area contributed by atoms with Gasteiger partial charge in [-0.2, -0.15) is 0 Å². The second kappa shape index (κ2) is 6.76. The summed E-state index contributed by atoms with van der Waals surface area (Å²) in [6, 6.07) is 4.99. The molecule has 0 unspecified atom stereocenters. The van der Waals surface area contributed by atoms with Gasteiger partial charge in [-0.1, -0.05) is 24.9 Å². The van der Waals surface area contributed by atoms with E-state index in [1.54, 1.807) is 12.1 Å². The Morgan fingerprint density at radius 2 is 1.96 bits per heavy atom. The number of rotatable bonds is 4. The van der Waals surface area contributed by atoms with Gasteiger partial charge >= 0.3 is 0 Å². The first kappa shape index (κ1) is 17.3. The number of aryl methyl sites for hydroxylation is 1. The first-order chi connectivity index (χ1) is 11.9. The average molecular weight is 368 g/mol. The van der Waals surface area contributed by atoms with Gasteiger partial charge in [-0.15, -0.1) is 0 Å². The molecule has 2 heterocycles. The Morgan fingerprint density at radius 1 is 1.20 bits per heavy atom. The molecule has 0 saturated carbocycles. The van der Waals surface area contributed by atoms with Crippen LogP contribution in [0.3, 0.4) is 0 Å². The van der Waals surface area contributed by atoms with E-state index >= 15 is 0 Å². The van der Waals surface area contributed by atoms with Crippen molar-refractivity contribution in [3.05, 3.63) is 64.3 Å². The van der Waals surface area contributed by atoms with Crippen molar-refractivity contribution in [3.8, 4) is 0 Å². The fraction of sp³-hybridized carbons (Fsp3) is 0.176. The predicted molar refractivity (Wildman–Crippen MR) is 88.5 cm³/mol. The summed E-state index contributed by atoms with van der Waals surface area (Å²) in [4.78, 5) is 17.0. The van der Waals surface area contributed by atoms with Crippen molar-refractivity contribution in [2.24, 2.45) is 0 Å². The number of halogens is 4. The highest BCUT2D eigenvalue weighted by Gasteiger charge is 2.22. The Hall–Kier alpha value is -2.54. The van der Waals surface area contributed by atoms with Gasteiger partial charge in [-0.25, -0.2) is 18.2 Å². The summed E-state index contributed by atoms with van der Waals surface area (Å²) in [7, 11) is 0. The van der Waals surface area contributed by atoms with Crippen molar-refractivity contribution < 1.29 is 18.0 Å². The fourth-order valence-electron chi connectivity index (χ4n) is 2.52. The van der Waals surface area contributed by atoms with Crippen molar-refractivity contribution in [1.29, 1.82) is 0 Å². The highest BCUT2D eigenvalue weighted by molar-refractivity contribution is 6.30. The van der Waals surface area contributed by atoms with Crippen LogP contribution in [0.25, 0.3) is 5.65 Å². The van der Waals surface area contributed by atoms with Crippen LogP contribution in [-0.2, 0) is 6.42 Å². The molecule has 0 aliphatic heterocycles. The number of benzene rings is 1. The molecule has 1 amide bonds. The molecule has 0 fully saturated rings. The molecule has 8 heteroatoms. The lowest BCUT2D eigenvalue weighted by Gasteiger charge is -2.09. The Morgan fingerprint density at radius 3 is 2.68 bits per heavy atom. The lowest BCUT2D eigenvalue weighted by molar-refractivity contribution is 0.102. The number of imidazole rings is 1. The van der Waals surface area contributed by atoms with Crippen LogP contribution >= 0.6 is 11.6 Å². The van der Waals surface area contributed by atoms with E-state index in [-0.39, 0.29) is 5.69 Å². The van der Waals surface area contributed by atoms with Gasteiger partial charge in [-0.3, -0.25) is 9.20 Å². The molecular weight excluding hydrogens is 355 g/mol. The molecule has 1 aromatic carbocycles. The van der Waals surface area contributed by atoms with Crippen molar-refractivity contribution in [2.45, 2.75) is 19.8 Å². The van der Waals surface area contributed by atoms with E-state index < -0.39 is 29.0 Å². The topological polar surface area (TPSA) is 46.4 Å². The summed E-state index contributed by atoms with van der Waals surface area (Å²) in [5, 5.41) is 2.66. The zero-order valence-corrected chi connectivity index (χ0v) is 13.9. The molecule has 0 atom stereocenters. The van der Waals surface area contributed by atoms with E-state index in [4.69, 9.17) is 11.6 Å². The van der Waals surface area contributed by atoms with E-state index in [9.17, 15) is 18.0 Å². The summed E-state index contributed by atoms with van der Waals surface area (Å²) in [6.07, 6.45) is 2.76. The Bertz CT molecular complexity index is 971. The molecular formula is C17H13ClF3N3O. The number of hydrogen-bond acceptors (Lipinski definition) is 2. The van der Waals surface area contributed by atoms with Gasteiger partial charge < -0.3 is 5.32 Å². The summed E-state index contributed by atoms with van der Waals surface area (Å²) >= 11 is 5.97. The lowest BCUT2D eigenvalue weighted by atomic mass is 10.2. The van der Waals surface area contributed by atoms with Gasteiger partial charge in [0.2, 0.25) is 0 Å². The van der Waals surface area contributed by atoms with Gasteiger partial charge in [0.1, 0.15) is 11.3 Å². The van der Waals surface area contributed by atoms with Gasteiger partial charge in [0.05, 0.1) is 16.4 Å². The maximum Gasteiger partial charge on any atom is 0.274 e. The molecule has 3 rings (SSSR count). The van der Waals surface area contributed by atoms with Crippen molar-refractivity contribution in [3.63, 3.8) is 0 Å². The second-order valence-electron chi connectivity index (χ2n) is 5.41. The van der Waals surface area contributed by atoms with E-state index in [1.807, 2.05) is 6.92 Å². The first-order valence-electron chi connectivity index (χ1n) is 7.53. The van der Waals surface area contributed by atoms with Crippen molar-refractivity contribution >= 4 is 28.8 Å². The smallest absolute Gasteiger partial charge is 0.274 e. The van der Waals surface area contributed by atoms with Crippen LogP contribution in [0.2, 0.25) is 5.02 Å². The van der Waals surface area contributed by atoms with Crippen LogP contribution in [0.5, 0.6) is 0 Å². The van der Waals surface area contributed by atoms with Crippen LogP contribution in [0.15, 0.2) is 30.5 Å². The van der Waals surface area contributed by atoms with Crippen LogP contribution in [0.1, 0.15) is 29.5 Å². The van der Waals surface area contributed by atoms with Gasteiger partial charge in [0.15, 0.2) is 17.5 Å². The van der Waals surface area contributed by atoms with E-state index in [0.717, 1.165) is 18.6 Å². The number of carbonyl (C=O) groups excluding carboxylic acids is 1. The number of hydrogen-bond donors (Lipinski definition) is 1. The molecule has 0 bridgehead atoms. The molecule has 0 aliphatic rings. The third-order valence-corrected chi connectivity index (χ3v) is 3.86. The lowest BCUT2D eigenvalue weighted by Crippen LogP contribution is -2.18. The Balaban J connectivity index is 2.06.